The quantitative estimate of drug-likeness (QED) is 0.344. The monoisotopic (exact) mass is 479 g/mol. The minimum Gasteiger partial charge on any atom is -0.485 e. The van der Waals surface area contributed by atoms with Crippen molar-refractivity contribution < 1.29 is 9.53 Å². The SMILES string of the molecule is Cc1ccccc1OCc1nnc(S[C@H](C)C(=O)Nc2ccc(Cl)cn2)n1-c1ccccc1. The normalized spacial score (nSPS) is 11.7. The lowest BCUT2D eigenvalue weighted by atomic mass is 10.2. The largest absolute Gasteiger partial charge is 0.485 e. The maximum atomic E-state index is 12.7. The number of rotatable bonds is 8. The van der Waals surface area contributed by atoms with Crippen LogP contribution in [-0.2, 0) is 11.4 Å². The number of pyridine rings is 1. The Bertz CT molecular complexity index is 1230. The molecule has 2 aromatic heterocycles. The van der Waals surface area contributed by atoms with E-state index < -0.39 is 5.25 Å². The van der Waals surface area contributed by atoms with Crippen molar-refractivity contribution in [2.75, 3.05) is 5.32 Å². The van der Waals surface area contributed by atoms with Crippen LogP contribution in [0.15, 0.2) is 78.1 Å². The molecule has 168 valence electrons. The molecule has 0 aliphatic carbocycles. The maximum absolute atomic E-state index is 12.7. The van der Waals surface area contributed by atoms with Gasteiger partial charge in [0, 0.05) is 11.9 Å². The molecular weight excluding hydrogens is 458 g/mol. The Labute approximate surface area is 201 Å². The number of thioether (sulfide) groups is 1. The summed E-state index contributed by atoms with van der Waals surface area (Å²) in [6.45, 7) is 4.04. The van der Waals surface area contributed by atoms with Gasteiger partial charge < -0.3 is 10.1 Å². The van der Waals surface area contributed by atoms with Gasteiger partial charge in [-0.05, 0) is 49.7 Å². The maximum Gasteiger partial charge on any atom is 0.238 e. The summed E-state index contributed by atoms with van der Waals surface area (Å²) in [6, 6.07) is 20.9. The van der Waals surface area contributed by atoms with Crippen LogP contribution in [0, 0.1) is 6.92 Å². The van der Waals surface area contributed by atoms with Crippen LogP contribution >= 0.6 is 23.4 Å². The van der Waals surface area contributed by atoms with Crippen LogP contribution in [0.1, 0.15) is 18.3 Å². The third-order valence-corrected chi connectivity index (χ3v) is 6.06. The molecule has 2 heterocycles. The number of hydrogen-bond donors (Lipinski definition) is 1. The van der Waals surface area contributed by atoms with E-state index in [1.54, 1.807) is 12.1 Å². The summed E-state index contributed by atoms with van der Waals surface area (Å²) >= 11 is 7.17. The number of aromatic nitrogens is 4. The van der Waals surface area contributed by atoms with Gasteiger partial charge in [-0.1, -0.05) is 59.8 Å². The van der Waals surface area contributed by atoms with E-state index in [-0.39, 0.29) is 12.5 Å². The highest BCUT2D eigenvalue weighted by atomic mass is 35.5. The van der Waals surface area contributed by atoms with Crippen LogP contribution in [0.4, 0.5) is 5.82 Å². The molecule has 0 aliphatic rings. The first kappa shape index (κ1) is 22.8. The van der Waals surface area contributed by atoms with Crippen molar-refractivity contribution in [2.24, 2.45) is 0 Å². The van der Waals surface area contributed by atoms with Crippen LogP contribution in [-0.4, -0.2) is 30.9 Å². The van der Waals surface area contributed by atoms with Crippen molar-refractivity contribution in [3.8, 4) is 11.4 Å². The molecular formula is C24H22ClN5O2S. The molecule has 9 heteroatoms. The zero-order valence-corrected chi connectivity index (χ0v) is 19.7. The van der Waals surface area contributed by atoms with Crippen molar-refractivity contribution in [1.29, 1.82) is 0 Å². The molecule has 0 unspecified atom stereocenters. The molecule has 0 aliphatic heterocycles. The zero-order chi connectivity index (χ0) is 23.2. The second-order valence-electron chi connectivity index (χ2n) is 7.23. The fraction of sp³-hybridized carbons (Fsp3) is 0.167. The summed E-state index contributed by atoms with van der Waals surface area (Å²) in [5, 5.41) is 12.2. The molecule has 4 aromatic rings. The minimum atomic E-state index is -0.445. The number of hydrogen-bond acceptors (Lipinski definition) is 6. The Morgan fingerprint density at radius 2 is 1.85 bits per heavy atom. The van der Waals surface area contributed by atoms with Crippen LogP contribution in [0.5, 0.6) is 5.75 Å². The standard InChI is InChI=1S/C24H22ClN5O2S/c1-16-8-6-7-11-20(16)32-15-22-28-29-24(30(22)19-9-4-3-5-10-19)33-17(2)23(31)27-21-13-12-18(25)14-26-21/h3-14,17H,15H2,1-2H3,(H,26,27,31)/t17-/m1/s1. The summed E-state index contributed by atoms with van der Waals surface area (Å²) in [4.78, 5) is 16.8. The number of halogens is 1. The van der Waals surface area contributed by atoms with Crippen molar-refractivity contribution in [2.45, 2.75) is 30.9 Å². The Morgan fingerprint density at radius 3 is 2.58 bits per heavy atom. The highest BCUT2D eigenvalue weighted by Crippen LogP contribution is 2.27. The third-order valence-electron chi connectivity index (χ3n) is 4.80. The molecule has 1 N–H and O–H groups in total. The van der Waals surface area contributed by atoms with E-state index >= 15 is 0 Å². The minimum absolute atomic E-state index is 0.199. The van der Waals surface area contributed by atoms with E-state index in [1.165, 1.54) is 18.0 Å². The van der Waals surface area contributed by atoms with Crippen molar-refractivity contribution >= 4 is 35.1 Å². The van der Waals surface area contributed by atoms with Gasteiger partial charge >= 0.3 is 0 Å². The van der Waals surface area contributed by atoms with Gasteiger partial charge in [-0.2, -0.15) is 0 Å². The average Bonchev–Trinajstić information content (AvgIpc) is 3.22. The molecule has 7 nitrogen and oxygen atoms in total. The van der Waals surface area contributed by atoms with E-state index in [0.717, 1.165) is 17.0 Å². The van der Waals surface area contributed by atoms with Gasteiger partial charge in [-0.3, -0.25) is 9.36 Å². The number of nitrogens with zero attached hydrogens (tertiary/aromatic N) is 4. The van der Waals surface area contributed by atoms with E-state index in [1.807, 2.05) is 73.0 Å². The molecule has 1 amide bonds. The number of para-hydroxylation sites is 2. The molecule has 0 saturated heterocycles. The number of nitrogens with one attached hydrogen (secondary N) is 1. The molecule has 1 atom stereocenters. The lowest BCUT2D eigenvalue weighted by Gasteiger charge is -2.14. The topological polar surface area (TPSA) is 81.9 Å². The number of carbonyl (C=O) groups is 1. The first-order valence-corrected chi connectivity index (χ1v) is 11.5. The van der Waals surface area contributed by atoms with Crippen LogP contribution < -0.4 is 10.1 Å². The summed E-state index contributed by atoms with van der Waals surface area (Å²) in [6.07, 6.45) is 1.49. The number of benzene rings is 2. The van der Waals surface area contributed by atoms with Crippen molar-refractivity contribution in [3.63, 3.8) is 0 Å². The van der Waals surface area contributed by atoms with E-state index in [9.17, 15) is 4.79 Å². The second kappa shape index (κ2) is 10.5. The van der Waals surface area contributed by atoms with E-state index in [4.69, 9.17) is 16.3 Å². The zero-order valence-electron chi connectivity index (χ0n) is 18.1. The molecule has 4 rings (SSSR count). The highest BCUT2D eigenvalue weighted by molar-refractivity contribution is 8.00. The summed E-state index contributed by atoms with van der Waals surface area (Å²) in [5.74, 6) is 1.67. The van der Waals surface area contributed by atoms with Crippen LogP contribution in [0.25, 0.3) is 5.69 Å². The smallest absolute Gasteiger partial charge is 0.238 e. The molecule has 33 heavy (non-hydrogen) atoms. The summed E-state index contributed by atoms with van der Waals surface area (Å²) in [7, 11) is 0. The van der Waals surface area contributed by atoms with Gasteiger partial charge in [0.05, 0.1) is 10.3 Å². The number of carbonyl (C=O) groups excluding carboxylic acids is 1. The fourth-order valence-corrected chi connectivity index (χ4v) is 4.05. The van der Waals surface area contributed by atoms with Gasteiger partial charge in [-0.15, -0.1) is 10.2 Å². The third kappa shape index (κ3) is 5.71. The summed E-state index contributed by atoms with van der Waals surface area (Å²) in [5.41, 5.74) is 1.93. The number of ether oxygens (including phenoxy) is 1. The molecule has 0 bridgehead atoms. The molecule has 0 spiro atoms. The second-order valence-corrected chi connectivity index (χ2v) is 8.98. The van der Waals surface area contributed by atoms with Crippen molar-refractivity contribution in [3.05, 3.63) is 89.3 Å². The van der Waals surface area contributed by atoms with Gasteiger partial charge in [0.15, 0.2) is 11.0 Å². The lowest BCUT2D eigenvalue weighted by Crippen LogP contribution is -2.23. The molecule has 0 radical (unpaired) electrons. The highest BCUT2D eigenvalue weighted by Gasteiger charge is 2.22. The number of amides is 1. The summed E-state index contributed by atoms with van der Waals surface area (Å²) < 4.78 is 7.92. The van der Waals surface area contributed by atoms with Gasteiger partial charge in [0.2, 0.25) is 5.91 Å². The Balaban J connectivity index is 1.54. The number of aryl methyl sites for hydroxylation is 1. The molecule has 0 saturated carbocycles. The van der Waals surface area contributed by atoms with Gasteiger partial charge in [-0.25, -0.2) is 4.98 Å². The molecule has 2 aromatic carbocycles. The number of anilines is 1. The Kier molecular flexibility index (Phi) is 7.26. The predicted molar refractivity (Wildman–Crippen MR) is 130 cm³/mol. The fourth-order valence-electron chi connectivity index (χ4n) is 3.06. The van der Waals surface area contributed by atoms with E-state index in [2.05, 4.69) is 20.5 Å². The average molecular weight is 480 g/mol. The Hall–Kier alpha value is -3.36. The van der Waals surface area contributed by atoms with Gasteiger partial charge in [0.1, 0.15) is 18.2 Å². The van der Waals surface area contributed by atoms with Crippen LogP contribution in [0.2, 0.25) is 5.02 Å². The van der Waals surface area contributed by atoms with Crippen molar-refractivity contribution in [1.82, 2.24) is 19.7 Å². The lowest BCUT2D eigenvalue weighted by molar-refractivity contribution is -0.115. The first-order valence-electron chi connectivity index (χ1n) is 10.3. The first-order chi connectivity index (χ1) is 16.0. The molecule has 0 fully saturated rings. The van der Waals surface area contributed by atoms with E-state index in [0.29, 0.717) is 21.8 Å². The van der Waals surface area contributed by atoms with Gasteiger partial charge in [0.25, 0.3) is 0 Å². The Morgan fingerprint density at radius 1 is 1.09 bits per heavy atom. The van der Waals surface area contributed by atoms with Crippen LogP contribution in [0.3, 0.4) is 0 Å². The predicted octanol–water partition coefficient (Wildman–Crippen LogP) is 5.32.